The highest BCUT2D eigenvalue weighted by molar-refractivity contribution is 5.02. The lowest BCUT2D eigenvalue weighted by Gasteiger charge is -2.22. The van der Waals surface area contributed by atoms with Gasteiger partial charge in [0.1, 0.15) is 5.82 Å². The van der Waals surface area contributed by atoms with Crippen molar-refractivity contribution in [2.75, 3.05) is 0 Å². The molecule has 0 aliphatic rings. The monoisotopic (exact) mass is 489 g/mol. The summed E-state index contributed by atoms with van der Waals surface area (Å²) < 4.78 is 2.56. The van der Waals surface area contributed by atoms with Crippen LogP contribution in [0.1, 0.15) is 200 Å². The Balaban J connectivity index is 2.51. The third-order valence-electron chi connectivity index (χ3n) is 8.08. The van der Waals surface area contributed by atoms with Crippen molar-refractivity contribution in [3.63, 3.8) is 0 Å². The van der Waals surface area contributed by atoms with Gasteiger partial charge in [-0.15, -0.1) is 0 Å². The van der Waals surface area contributed by atoms with Gasteiger partial charge in [0.25, 0.3) is 0 Å². The molecule has 1 rings (SSSR count). The Morgan fingerprint density at radius 1 is 0.543 bits per heavy atom. The first-order chi connectivity index (χ1) is 17.2. The summed E-state index contributed by atoms with van der Waals surface area (Å²) >= 11 is 0. The standard InChI is InChI=1S/C33H64N2/c1-5-8-11-14-17-20-23-26-31(4)35-30-29-34-33(35)32(27-24-21-18-15-12-9-6-2)28-25-22-19-16-13-10-7-3/h29-32H,5-28H2,1-4H3. The van der Waals surface area contributed by atoms with Crippen LogP contribution in [-0.4, -0.2) is 9.55 Å². The summed E-state index contributed by atoms with van der Waals surface area (Å²) in [5.41, 5.74) is 0. The van der Waals surface area contributed by atoms with Gasteiger partial charge in [0, 0.05) is 24.4 Å². The van der Waals surface area contributed by atoms with Gasteiger partial charge in [-0.3, -0.25) is 0 Å². The summed E-state index contributed by atoms with van der Waals surface area (Å²) in [7, 11) is 0. The van der Waals surface area contributed by atoms with E-state index in [4.69, 9.17) is 4.98 Å². The second-order valence-electron chi connectivity index (χ2n) is 11.5. The van der Waals surface area contributed by atoms with Crippen LogP contribution >= 0.6 is 0 Å². The molecule has 0 spiro atoms. The Labute approximate surface area is 221 Å². The third kappa shape index (κ3) is 16.6. The lowest BCUT2D eigenvalue weighted by atomic mass is 9.92. The van der Waals surface area contributed by atoms with E-state index in [1.54, 1.807) is 0 Å². The number of hydrogen-bond acceptors (Lipinski definition) is 1. The molecule has 0 fully saturated rings. The van der Waals surface area contributed by atoms with Gasteiger partial charge in [-0.2, -0.15) is 0 Å². The third-order valence-corrected chi connectivity index (χ3v) is 8.08. The highest BCUT2D eigenvalue weighted by Crippen LogP contribution is 2.30. The van der Waals surface area contributed by atoms with Crippen molar-refractivity contribution < 1.29 is 0 Å². The van der Waals surface area contributed by atoms with E-state index < -0.39 is 0 Å². The number of nitrogens with zero attached hydrogens (tertiary/aromatic N) is 2. The van der Waals surface area contributed by atoms with Gasteiger partial charge in [-0.05, 0) is 26.2 Å². The van der Waals surface area contributed by atoms with Crippen molar-refractivity contribution in [2.24, 2.45) is 0 Å². The minimum absolute atomic E-state index is 0.591. The Bertz CT molecular complexity index is 531. The molecule has 0 saturated carbocycles. The predicted molar refractivity (Wildman–Crippen MR) is 158 cm³/mol. The van der Waals surface area contributed by atoms with Crippen molar-refractivity contribution in [1.29, 1.82) is 0 Å². The smallest absolute Gasteiger partial charge is 0.111 e. The van der Waals surface area contributed by atoms with Crippen molar-refractivity contribution in [3.8, 4) is 0 Å². The molecule has 0 bridgehead atoms. The molecule has 0 aliphatic carbocycles. The Kier molecular flexibility index (Phi) is 21.7. The highest BCUT2D eigenvalue weighted by atomic mass is 15.1. The largest absolute Gasteiger partial charge is 0.332 e. The highest BCUT2D eigenvalue weighted by Gasteiger charge is 2.19. The van der Waals surface area contributed by atoms with Crippen LogP contribution in [0.25, 0.3) is 0 Å². The first kappa shape index (κ1) is 32.2. The molecule has 0 N–H and O–H groups in total. The lowest BCUT2D eigenvalue weighted by Crippen LogP contribution is -2.13. The van der Waals surface area contributed by atoms with E-state index in [1.807, 2.05) is 0 Å². The number of imidazole rings is 1. The fraction of sp³-hybridized carbons (Fsp3) is 0.909. The molecule has 2 heteroatoms. The zero-order valence-corrected chi connectivity index (χ0v) is 24.7. The van der Waals surface area contributed by atoms with E-state index in [2.05, 4.69) is 44.7 Å². The average molecular weight is 489 g/mol. The topological polar surface area (TPSA) is 17.8 Å². The summed E-state index contributed by atoms with van der Waals surface area (Å²) in [6, 6.07) is 0.591. The molecule has 1 unspecified atom stereocenters. The zero-order chi connectivity index (χ0) is 25.4. The molecular weight excluding hydrogens is 424 g/mol. The molecule has 35 heavy (non-hydrogen) atoms. The van der Waals surface area contributed by atoms with Crippen molar-refractivity contribution in [2.45, 2.75) is 194 Å². The molecule has 0 saturated heterocycles. The van der Waals surface area contributed by atoms with E-state index in [-0.39, 0.29) is 0 Å². The van der Waals surface area contributed by atoms with Crippen LogP contribution in [0.4, 0.5) is 0 Å². The van der Waals surface area contributed by atoms with E-state index in [1.165, 1.54) is 160 Å². The van der Waals surface area contributed by atoms with Gasteiger partial charge < -0.3 is 4.57 Å². The van der Waals surface area contributed by atoms with Crippen LogP contribution < -0.4 is 0 Å². The van der Waals surface area contributed by atoms with E-state index in [0.717, 1.165) is 0 Å². The molecular formula is C33H64N2. The SMILES string of the molecule is CCCCCCCCCC(CCCCCCCCC)c1nccn1C(C)CCCCCCCCC. The lowest BCUT2D eigenvalue weighted by molar-refractivity contribution is 0.412. The van der Waals surface area contributed by atoms with Gasteiger partial charge in [-0.1, -0.05) is 156 Å². The molecule has 1 heterocycles. The molecule has 1 aromatic heterocycles. The van der Waals surface area contributed by atoms with Crippen LogP contribution in [0, 0.1) is 0 Å². The zero-order valence-electron chi connectivity index (χ0n) is 24.7. The van der Waals surface area contributed by atoms with Crippen LogP contribution in [0.15, 0.2) is 12.4 Å². The van der Waals surface area contributed by atoms with Gasteiger partial charge in [0.05, 0.1) is 0 Å². The minimum Gasteiger partial charge on any atom is -0.332 e. The maximum absolute atomic E-state index is 4.96. The van der Waals surface area contributed by atoms with Crippen molar-refractivity contribution >= 4 is 0 Å². The first-order valence-electron chi connectivity index (χ1n) is 16.3. The van der Waals surface area contributed by atoms with E-state index >= 15 is 0 Å². The van der Waals surface area contributed by atoms with Crippen molar-refractivity contribution in [3.05, 3.63) is 18.2 Å². The molecule has 2 nitrogen and oxygen atoms in total. The normalized spacial score (nSPS) is 12.6. The van der Waals surface area contributed by atoms with E-state index in [0.29, 0.717) is 12.0 Å². The van der Waals surface area contributed by atoms with Crippen LogP contribution in [0.5, 0.6) is 0 Å². The summed E-state index contributed by atoms with van der Waals surface area (Å²) in [6.45, 7) is 9.36. The number of hydrogen-bond donors (Lipinski definition) is 0. The predicted octanol–water partition coefficient (Wildman–Crippen LogP) is 11.9. The fourth-order valence-corrected chi connectivity index (χ4v) is 5.65. The number of aromatic nitrogens is 2. The van der Waals surface area contributed by atoms with Crippen LogP contribution in [0.2, 0.25) is 0 Å². The van der Waals surface area contributed by atoms with Gasteiger partial charge >= 0.3 is 0 Å². The van der Waals surface area contributed by atoms with Gasteiger partial charge in [0.2, 0.25) is 0 Å². The summed E-state index contributed by atoms with van der Waals surface area (Å²) in [5, 5.41) is 0. The minimum atomic E-state index is 0.591. The van der Waals surface area contributed by atoms with E-state index in [9.17, 15) is 0 Å². The molecule has 0 amide bonds. The molecule has 1 atom stereocenters. The Morgan fingerprint density at radius 3 is 1.34 bits per heavy atom. The second kappa shape index (κ2) is 23.6. The molecule has 0 aromatic carbocycles. The molecule has 0 radical (unpaired) electrons. The van der Waals surface area contributed by atoms with Crippen molar-refractivity contribution in [1.82, 2.24) is 9.55 Å². The fourth-order valence-electron chi connectivity index (χ4n) is 5.65. The van der Waals surface area contributed by atoms with Gasteiger partial charge in [-0.25, -0.2) is 4.98 Å². The van der Waals surface area contributed by atoms with Crippen LogP contribution in [-0.2, 0) is 0 Å². The second-order valence-corrected chi connectivity index (χ2v) is 11.5. The number of rotatable bonds is 26. The summed E-state index contributed by atoms with van der Waals surface area (Å²) in [4.78, 5) is 4.96. The first-order valence-corrected chi connectivity index (χ1v) is 16.3. The number of unbranched alkanes of at least 4 members (excludes halogenated alkanes) is 18. The van der Waals surface area contributed by atoms with Gasteiger partial charge in [0.15, 0.2) is 0 Å². The maximum atomic E-state index is 4.96. The quantitative estimate of drug-likeness (QED) is 0.118. The molecule has 1 aromatic rings. The molecule has 0 aliphatic heterocycles. The summed E-state index contributed by atoms with van der Waals surface area (Å²) in [6.07, 6.45) is 37.8. The average Bonchev–Trinajstić information content (AvgIpc) is 3.35. The maximum Gasteiger partial charge on any atom is 0.111 e. The molecule has 206 valence electrons. The summed E-state index contributed by atoms with van der Waals surface area (Å²) in [5.74, 6) is 2.06. The van der Waals surface area contributed by atoms with Crippen LogP contribution in [0.3, 0.4) is 0 Å². The Hall–Kier alpha value is -0.790. The Morgan fingerprint density at radius 2 is 0.914 bits per heavy atom.